The molecular formula is C18H22N2O2. The lowest BCUT2D eigenvalue weighted by molar-refractivity contribution is 0.0971. The molecule has 4 nitrogen and oxygen atoms in total. The van der Waals surface area contributed by atoms with Gasteiger partial charge in [-0.1, -0.05) is 30.3 Å². The molecule has 1 fully saturated rings. The minimum absolute atomic E-state index is 0.336. The predicted octanol–water partition coefficient (Wildman–Crippen LogP) is 2.80. The number of carbonyl (C=O) groups excluding carboxylic acids is 1. The first-order valence-corrected chi connectivity index (χ1v) is 7.87. The standard InChI is InChI=1S/C18H22N2O2/c19-18(21)17-16(9-13-22-17)15-7-11-20(12-8-15)10-6-14-4-2-1-3-5-14/h1-5,9,13,15H,6-8,10-12H2,(H2,19,21). The highest BCUT2D eigenvalue weighted by atomic mass is 16.3. The van der Waals surface area contributed by atoms with Crippen molar-refractivity contribution in [3.63, 3.8) is 0 Å². The number of furan rings is 1. The molecule has 1 amide bonds. The summed E-state index contributed by atoms with van der Waals surface area (Å²) in [7, 11) is 0. The van der Waals surface area contributed by atoms with Crippen LogP contribution in [0.15, 0.2) is 47.1 Å². The minimum Gasteiger partial charge on any atom is -0.459 e. The van der Waals surface area contributed by atoms with E-state index in [1.54, 1.807) is 6.26 Å². The van der Waals surface area contributed by atoms with Crippen LogP contribution in [0.25, 0.3) is 0 Å². The molecule has 2 aromatic rings. The summed E-state index contributed by atoms with van der Waals surface area (Å²) in [6, 6.07) is 12.5. The fraction of sp³-hybridized carbons (Fsp3) is 0.389. The maximum absolute atomic E-state index is 11.4. The van der Waals surface area contributed by atoms with Gasteiger partial charge in [0.1, 0.15) is 0 Å². The molecule has 1 aromatic carbocycles. The summed E-state index contributed by atoms with van der Waals surface area (Å²) in [6.45, 7) is 3.20. The summed E-state index contributed by atoms with van der Waals surface area (Å²) < 4.78 is 5.22. The van der Waals surface area contributed by atoms with E-state index in [-0.39, 0.29) is 0 Å². The molecule has 2 heterocycles. The fourth-order valence-corrected chi connectivity index (χ4v) is 3.24. The Balaban J connectivity index is 1.52. The number of carbonyl (C=O) groups is 1. The first-order valence-electron chi connectivity index (χ1n) is 7.87. The van der Waals surface area contributed by atoms with E-state index in [0.29, 0.717) is 11.7 Å². The number of hydrogen-bond acceptors (Lipinski definition) is 3. The molecule has 0 bridgehead atoms. The quantitative estimate of drug-likeness (QED) is 0.923. The molecule has 0 aliphatic carbocycles. The third-order valence-electron chi connectivity index (χ3n) is 4.51. The minimum atomic E-state index is -0.466. The summed E-state index contributed by atoms with van der Waals surface area (Å²) in [5.74, 6) is 0.253. The highest BCUT2D eigenvalue weighted by molar-refractivity contribution is 5.91. The second-order valence-corrected chi connectivity index (χ2v) is 5.92. The molecule has 1 aliphatic rings. The van der Waals surface area contributed by atoms with Gasteiger partial charge in [0.25, 0.3) is 5.91 Å². The Morgan fingerprint density at radius 2 is 1.91 bits per heavy atom. The summed E-state index contributed by atoms with van der Waals surface area (Å²) >= 11 is 0. The molecule has 0 radical (unpaired) electrons. The average molecular weight is 298 g/mol. The van der Waals surface area contributed by atoms with Crippen LogP contribution < -0.4 is 5.73 Å². The topological polar surface area (TPSA) is 59.5 Å². The molecule has 0 unspecified atom stereocenters. The van der Waals surface area contributed by atoms with Crippen molar-refractivity contribution in [1.82, 2.24) is 4.90 Å². The zero-order chi connectivity index (χ0) is 15.4. The van der Waals surface area contributed by atoms with Crippen molar-refractivity contribution in [1.29, 1.82) is 0 Å². The summed E-state index contributed by atoms with van der Waals surface area (Å²) in [5, 5.41) is 0. The van der Waals surface area contributed by atoms with E-state index in [1.165, 1.54) is 5.56 Å². The zero-order valence-electron chi connectivity index (χ0n) is 12.7. The van der Waals surface area contributed by atoms with Crippen LogP contribution in [0, 0.1) is 0 Å². The largest absolute Gasteiger partial charge is 0.459 e. The Morgan fingerprint density at radius 1 is 1.18 bits per heavy atom. The van der Waals surface area contributed by atoms with Crippen LogP contribution in [0.5, 0.6) is 0 Å². The first kappa shape index (κ1) is 14.9. The molecule has 1 aromatic heterocycles. The zero-order valence-corrected chi connectivity index (χ0v) is 12.7. The molecule has 2 N–H and O–H groups in total. The number of nitrogens with zero attached hydrogens (tertiary/aromatic N) is 1. The van der Waals surface area contributed by atoms with Crippen molar-refractivity contribution >= 4 is 5.91 Å². The fourth-order valence-electron chi connectivity index (χ4n) is 3.24. The van der Waals surface area contributed by atoms with E-state index in [9.17, 15) is 4.79 Å². The van der Waals surface area contributed by atoms with Crippen LogP contribution in [0.4, 0.5) is 0 Å². The van der Waals surface area contributed by atoms with Crippen molar-refractivity contribution in [2.75, 3.05) is 19.6 Å². The van der Waals surface area contributed by atoms with Crippen LogP contribution in [0.1, 0.15) is 40.4 Å². The Bertz CT molecular complexity index is 613. The van der Waals surface area contributed by atoms with Crippen molar-refractivity contribution in [2.24, 2.45) is 5.73 Å². The van der Waals surface area contributed by atoms with Crippen molar-refractivity contribution in [2.45, 2.75) is 25.2 Å². The van der Waals surface area contributed by atoms with Gasteiger partial charge >= 0.3 is 0 Å². The van der Waals surface area contributed by atoms with Crippen molar-refractivity contribution in [3.05, 3.63) is 59.5 Å². The monoisotopic (exact) mass is 298 g/mol. The van der Waals surface area contributed by atoms with Gasteiger partial charge in [0.15, 0.2) is 5.76 Å². The van der Waals surface area contributed by atoms with Gasteiger partial charge in [-0.2, -0.15) is 0 Å². The molecule has 0 spiro atoms. The number of nitrogens with two attached hydrogens (primary N) is 1. The average Bonchev–Trinajstić information content (AvgIpc) is 3.04. The number of hydrogen-bond donors (Lipinski definition) is 1. The van der Waals surface area contributed by atoms with E-state index >= 15 is 0 Å². The number of likely N-dealkylation sites (tertiary alicyclic amines) is 1. The molecule has 3 rings (SSSR count). The van der Waals surface area contributed by atoms with E-state index < -0.39 is 5.91 Å². The maximum Gasteiger partial charge on any atom is 0.284 e. The summed E-state index contributed by atoms with van der Waals surface area (Å²) in [4.78, 5) is 13.9. The molecule has 1 saturated heterocycles. The van der Waals surface area contributed by atoms with Gasteiger partial charge in [-0.25, -0.2) is 0 Å². The van der Waals surface area contributed by atoms with Crippen LogP contribution >= 0.6 is 0 Å². The normalized spacial score (nSPS) is 16.7. The van der Waals surface area contributed by atoms with Crippen molar-refractivity contribution < 1.29 is 9.21 Å². The second-order valence-electron chi connectivity index (χ2n) is 5.92. The number of piperidine rings is 1. The van der Waals surface area contributed by atoms with Gasteiger partial charge in [-0.15, -0.1) is 0 Å². The molecule has 22 heavy (non-hydrogen) atoms. The summed E-state index contributed by atoms with van der Waals surface area (Å²) in [6.07, 6.45) is 4.75. The van der Waals surface area contributed by atoms with Crippen molar-refractivity contribution in [3.8, 4) is 0 Å². The second kappa shape index (κ2) is 6.79. The number of rotatable bonds is 5. The van der Waals surface area contributed by atoms with E-state index in [2.05, 4.69) is 35.2 Å². The predicted molar refractivity (Wildman–Crippen MR) is 85.8 cm³/mol. The molecule has 1 aliphatic heterocycles. The van der Waals surface area contributed by atoms with Gasteiger partial charge in [0, 0.05) is 12.1 Å². The smallest absolute Gasteiger partial charge is 0.284 e. The van der Waals surface area contributed by atoms with Crippen LogP contribution in [-0.4, -0.2) is 30.4 Å². The van der Waals surface area contributed by atoms with E-state index in [0.717, 1.165) is 44.5 Å². The lowest BCUT2D eigenvalue weighted by Gasteiger charge is -2.31. The van der Waals surface area contributed by atoms with E-state index in [4.69, 9.17) is 10.2 Å². The van der Waals surface area contributed by atoms with Crippen LogP contribution in [-0.2, 0) is 6.42 Å². The van der Waals surface area contributed by atoms with Gasteiger partial charge in [-0.05, 0) is 49.9 Å². The van der Waals surface area contributed by atoms with Crippen LogP contribution in [0.2, 0.25) is 0 Å². The Morgan fingerprint density at radius 3 is 2.59 bits per heavy atom. The first-order chi connectivity index (χ1) is 10.7. The third kappa shape index (κ3) is 3.39. The highest BCUT2D eigenvalue weighted by Gasteiger charge is 2.25. The van der Waals surface area contributed by atoms with Crippen LogP contribution in [0.3, 0.4) is 0 Å². The van der Waals surface area contributed by atoms with Gasteiger partial charge in [-0.3, -0.25) is 4.79 Å². The maximum atomic E-state index is 11.4. The number of primary amides is 1. The van der Waals surface area contributed by atoms with Gasteiger partial charge in [0.2, 0.25) is 0 Å². The van der Waals surface area contributed by atoms with Gasteiger partial charge in [0.05, 0.1) is 6.26 Å². The molecule has 4 heteroatoms. The Hall–Kier alpha value is -2.07. The molecule has 0 saturated carbocycles. The third-order valence-corrected chi connectivity index (χ3v) is 4.51. The molecule has 0 atom stereocenters. The molecule has 116 valence electrons. The Labute approximate surface area is 130 Å². The molecular weight excluding hydrogens is 276 g/mol. The summed E-state index contributed by atoms with van der Waals surface area (Å²) in [5.41, 5.74) is 7.73. The number of amides is 1. The Kier molecular flexibility index (Phi) is 4.59. The van der Waals surface area contributed by atoms with Gasteiger partial charge < -0.3 is 15.1 Å². The van der Waals surface area contributed by atoms with E-state index in [1.807, 2.05) is 6.07 Å². The highest BCUT2D eigenvalue weighted by Crippen LogP contribution is 2.31. The lowest BCUT2D eigenvalue weighted by Crippen LogP contribution is -2.34. The SMILES string of the molecule is NC(=O)c1occc1C1CCN(CCc2ccccc2)CC1. The number of benzene rings is 1. The lowest BCUT2D eigenvalue weighted by atomic mass is 9.89.